The van der Waals surface area contributed by atoms with Gasteiger partial charge in [0.05, 0.1) is 16.7 Å². The smallest absolute Gasteiger partial charge is 0.267 e. The number of fused-ring (bicyclic) bond motifs is 1. The van der Waals surface area contributed by atoms with Crippen LogP contribution < -0.4 is 0 Å². The molecule has 3 atom stereocenters. The maximum absolute atomic E-state index is 13.7. The van der Waals surface area contributed by atoms with Gasteiger partial charge in [-0.2, -0.15) is 5.10 Å². The average Bonchev–Trinajstić information content (AvgIpc) is 3.25. The molecule has 3 aromatic rings. The lowest BCUT2D eigenvalue weighted by atomic mass is 9.73. The monoisotopic (exact) mass is 519 g/mol. The summed E-state index contributed by atoms with van der Waals surface area (Å²) in [7, 11) is 0. The van der Waals surface area contributed by atoms with E-state index in [0.29, 0.717) is 21.5 Å². The molecule has 1 fully saturated rings. The number of amides is 1. The first kappa shape index (κ1) is 24.2. The van der Waals surface area contributed by atoms with Crippen LogP contribution in [-0.2, 0) is 0 Å². The molecule has 0 spiro atoms. The maximum Gasteiger partial charge on any atom is 0.274 e. The molecule has 1 heterocycles. The Kier molecular flexibility index (Phi) is 6.65. The number of benzene rings is 3. The van der Waals surface area contributed by atoms with Gasteiger partial charge < -0.3 is 0 Å². The molecule has 1 aliphatic heterocycles. The predicted octanol–water partition coefficient (Wildman–Crippen LogP) is 7.58. The number of nitrogens with zero attached hydrogens (tertiary/aromatic N) is 3. The fraction of sp³-hybridized carbons (Fsp3) is 0.214. The number of non-ortho nitro benzene ring substituents is 1. The number of allylic oxidation sites excluding steroid dienone is 1. The van der Waals surface area contributed by atoms with Gasteiger partial charge in [-0.25, -0.2) is 5.01 Å². The van der Waals surface area contributed by atoms with Gasteiger partial charge in [-0.1, -0.05) is 54.4 Å². The second kappa shape index (κ2) is 9.88. The summed E-state index contributed by atoms with van der Waals surface area (Å²) in [5.41, 5.74) is 4.24. The van der Waals surface area contributed by atoms with E-state index in [1.54, 1.807) is 0 Å². The average molecular weight is 520 g/mol. The van der Waals surface area contributed by atoms with Gasteiger partial charge in [0, 0.05) is 33.7 Å². The summed E-state index contributed by atoms with van der Waals surface area (Å²) in [5.74, 6) is 0.109. The fourth-order valence-electron chi connectivity index (χ4n) is 5.07. The minimum Gasteiger partial charge on any atom is -0.267 e. The number of hydrazone groups is 1. The van der Waals surface area contributed by atoms with Crippen molar-refractivity contribution in [3.05, 3.63) is 115 Å². The number of carbonyl (C=O) groups excluding carboxylic acids is 1. The molecule has 1 aliphatic carbocycles. The molecule has 2 aliphatic rings. The quantitative estimate of drug-likeness (QED) is 0.263. The number of halogens is 2. The van der Waals surface area contributed by atoms with Crippen LogP contribution in [0.4, 0.5) is 5.69 Å². The standard InChI is InChI=1S/C28H23Cl2N3O3/c1-17-14-21(16-18-2-8-22(29)9-3-18)26-25(15-17)27(19-4-10-23(30)11-5-19)32(31-26)28(34)20-6-12-24(13-7-20)33(35)36/h2-13,16-17,25,27H,14-15H2,1H3/b21-16+. The molecule has 0 saturated heterocycles. The highest BCUT2D eigenvalue weighted by atomic mass is 35.5. The van der Waals surface area contributed by atoms with E-state index >= 15 is 0 Å². The van der Waals surface area contributed by atoms with Crippen LogP contribution in [0.5, 0.6) is 0 Å². The molecule has 0 bridgehead atoms. The van der Waals surface area contributed by atoms with Crippen molar-refractivity contribution >= 4 is 46.6 Å². The summed E-state index contributed by atoms with van der Waals surface area (Å²) in [4.78, 5) is 24.3. The van der Waals surface area contributed by atoms with Gasteiger partial charge in [0.25, 0.3) is 11.6 Å². The second-order valence-corrected chi connectivity index (χ2v) is 10.2. The highest BCUT2D eigenvalue weighted by molar-refractivity contribution is 6.30. The Balaban J connectivity index is 1.58. The van der Waals surface area contributed by atoms with Crippen LogP contribution >= 0.6 is 23.2 Å². The molecule has 5 rings (SSSR count). The van der Waals surface area contributed by atoms with Gasteiger partial charge in [0.1, 0.15) is 0 Å². The Hall–Kier alpha value is -3.48. The molecule has 0 N–H and O–H groups in total. The summed E-state index contributed by atoms with van der Waals surface area (Å²) < 4.78 is 0. The van der Waals surface area contributed by atoms with Crippen LogP contribution in [-0.4, -0.2) is 21.6 Å². The maximum atomic E-state index is 13.7. The number of nitro benzene ring substituents is 1. The first-order chi connectivity index (χ1) is 17.3. The third-order valence-corrected chi connectivity index (χ3v) is 7.22. The van der Waals surface area contributed by atoms with Crippen LogP contribution in [0.3, 0.4) is 0 Å². The van der Waals surface area contributed by atoms with E-state index in [2.05, 4.69) is 13.0 Å². The Morgan fingerprint density at radius 2 is 1.61 bits per heavy atom. The Bertz CT molecular complexity index is 1370. The summed E-state index contributed by atoms with van der Waals surface area (Å²) in [6.45, 7) is 2.21. The van der Waals surface area contributed by atoms with E-state index in [4.69, 9.17) is 28.3 Å². The minimum absolute atomic E-state index is 0.00970. The van der Waals surface area contributed by atoms with Crippen molar-refractivity contribution in [3.63, 3.8) is 0 Å². The SMILES string of the molecule is CC1C/C(=C\c2ccc(Cl)cc2)C2=NN(C(=O)c3ccc([N+](=O)[O-])cc3)C(c3ccc(Cl)cc3)C2C1. The molecule has 0 radical (unpaired) electrons. The lowest BCUT2D eigenvalue weighted by molar-refractivity contribution is -0.384. The summed E-state index contributed by atoms with van der Waals surface area (Å²) in [6.07, 6.45) is 3.86. The highest BCUT2D eigenvalue weighted by Crippen LogP contribution is 2.46. The molecule has 182 valence electrons. The van der Waals surface area contributed by atoms with Crippen molar-refractivity contribution in [1.82, 2.24) is 5.01 Å². The van der Waals surface area contributed by atoms with Gasteiger partial charge in [-0.05, 0) is 77.9 Å². The zero-order valence-electron chi connectivity index (χ0n) is 19.5. The Morgan fingerprint density at radius 3 is 2.22 bits per heavy atom. The lowest BCUT2D eigenvalue weighted by Gasteiger charge is -2.32. The Labute approximate surface area is 219 Å². The summed E-state index contributed by atoms with van der Waals surface area (Å²) in [6, 6.07) is 20.5. The molecule has 6 nitrogen and oxygen atoms in total. The van der Waals surface area contributed by atoms with Gasteiger partial charge in [0.2, 0.25) is 0 Å². The van der Waals surface area contributed by atoms with Crippen molar-refractivity contribution in [1.29, 1.82) is 0 Å². The summed E-state index contributed by atoms with van der Waals surface area (Å²) >= 11 is 12.2. The molecule has 3 aromatic carbocycles. The van der Waals surface area contributed by atoms with Crippen LogP contribution in [0.15, 0.2) is 83.5 Å². The van der Waals surface area contributed by atoms with Crippen molar-refractivity contribution in [2.45, 2.75) is 25.8 Å². The van der Waals surface area contributed by atoms with E-state index in [9.17, 15) is 14.9 Å². The van der Waals surface area contributed by atoms with Crippen LogP contribution in [0.1, 0.15) is 47.3 Å². The van der Waals surface area contributed by atoms with Gasteiger partial charge in [-0.15, -0.1) is 0 Å². The van der Waals surface area contributed by atoms with Crippen molar-refractivity contribution < 1.29 is 9.72 Å². The topological polar surface area (TPSA) is 75.8 Å². The van der Waals surface area contributed by atoms with Gasteiger partial charge >= 0.3 is 0 Å². The number of carbonyl (C=O) groups is 1. The molecule has 0 aromatic heterocycles. The Morgan fingerprint density at radius 1 is 1.00 bits per heavy atom. The van der Waals surface area contributed by atoms with E-state index in [1.165, 1.54) is 29.3 Å². The molecule has 36 heavy (non-hydrogen) atoms. The first-order valence-corrected chi connectivity index (χ1v) is 12.4. The molecule has 1 amide bonds. The normalized spacial score (nSPS) is 22.3. The second-order valence-electron chi connectivity index (χ2n) is 9.31. The predicted molar refractivity (Wildman–Crippen MR) is 142 cm³/mol. The molecule has 3 unspecified atom stereocenters. The largest absolute Gasteiger partial charge is 0.274 e. The number of rotatable bonds is 4. The third kappa shape index (κ3) is 4.79. The molecule has 1 saturated carbocycles. The lowest BCUT2D eigenvalue weighted by Crippen LogP contribution is -2.33. The van der Waals surface area contributed by atoms with E-state index in [-0.39, 0.29) is 23.6 Å². The van der Waals surface area contributed by atoms with Crippen molar-refractivity contribution in [2.75, 3.05) is 0 Å². The first-order valence-electron chi connectivity index (χ1n) is 11.7. The third-order valence-electron chi connectivity index (χ3n) is 6.72. The van der Waals surface area contributed by atoms with Crippen LogP contribution in [0.25, 0.3) is 6.08 Å². The van der Waals surface area contributed by atoms with Gasteiger partial charge in [0.15, 0.2) is 0 Å². The molecule has 8 heteroatoms. The number of hydrogen-bond acceptors (Lipinski definition) is 4. The fourth-order valence-corrected chi connectivity index (χ4v) is 5.32. The highest BCUT2D eigenvalue weighted by Gasteiger charge is 2.45. The molecular weight excluding hydrogens is 497 g/mol. The zero-order chi connectivity index (χ0) is 25.4. The zero-order valence-corrected chi connectivity index (χ0v) is 21.0. The minimum atomic E-state index is -0.482. The van der Waals surface area contributed by atoms with Crippen molar-refractivity contribution in [2.24, 2.45) is 16.9 Å². The van der Waals surface area contributed by atoms with E-state index in [1.807, 2.05) is 48.5 Å². The van der Waals surface area contributed by atoms with Crippen LogP contribution in [0.2, 0.25) is 10.0 Å². The number of hydrogen-bond donors (Lipinski definition) is 0. The molecular formula is C28H23Cl2N3O3. The number of nitro groups is 1. The van der Waals surface area contributed by atoms with Crippen LogP contribution in [0, 0.1) is 22.0 Å². The van der Waals surface area contributed by atoms with E-state index in [0.717, 1.165) is 35.3 Å². The summed E-state index contributed by atoms with van der Waals surface area (Å²) in [5, 5.41) is 18.8. The van der Waals surface area contributed by atoms with E-state index < -0.39 is 4.92 Å². The van der Waals surface area contributed by atoms with Crippen molar-refractivity contribution in [3.8, 4) is 0 Å². The van der Waals surface area contributed by atoms with Gasteiger partial charge in [-0.3, -0.25) is 14.9 Å².